The zero-order valence-electron chi connectivity index (χ0n) is 12.0. The number of rotatable bonds is 4. The SMILES string of the molecule is Cc1ccc(CC(C)CN2CCCCCC2)cc1. The second kappa shape index (κ2) is 6.94. The molecule has 1 aromatic carbocycles. The third-order valence-electron chi connectivity index (χ3n) is 3.97. The first-order chi connectivity index (χ1) is 8.74. The van der Waals surface area contributed by atoms with E-state index in [9.17, 15) is 0 Å². The number of nitrogens with zero attached hydrogens (tertiary/aromatic N) is 1. The largest absolute Gasteiger partial charge is 0.303 e. The summed E-state index contributed by atoms with van der Waals surface area (Å²) in [5.74, 6) is 0.769. The Morgan fingerprint density at radius 2 is 1.61 bits per heavy atom. The smallest absolute Gasteiger partial charge is 0.00102 e. The Bertz CT molecular complexity index is 333. The molecule has 1 heteroatoms. The first kappa shape index (κ1) is 13.6. The van der Waals surface area contributed by atoms with Crippen LogP contribution >= 0.6 is 0 Å². The first-order valence-corrected chi connectivity index (χ1v) is 7.52. The van der Waals surface area contributed by atoms with E-state index >= 15 is 0 Å². The van der Waals surface area contributed by atoms with Crippen molar-refractivity contribution >= 4 is 0 Å². The van der Waals surface area contributed by atoms with E-state index in [1.807, 2.05) is 0 Å². The third-order valence-corrected chi connectivity index (χ3v) is 3.97. The van der Waals surface area contributed by atoms with Crippen LogP contribution in [-0.4, -0.2) is 24.5 Å². The molecule has 0 radical (unpaired) electrons. The van der Waals surface area contributed by atoms with E-state index in [0.717, 1.165) is 5.92 Å². The standard InChI is InChI=1S/C17H27N/c1-15-7-9-17(10-8-15)13-16(2)14-18-11-5-3-4-6-12-18/h7-10,16H,3-6,11-14H2,1-2H3. The summed E-state index contributed by atoms with van der Waals surface area (Å²) in [6.07, 6.45) is 6.89. The molecule has 1 atom stereocenters. The Morgan fingerprint density at radius 3 is 2.22 bits per heavy atom. The lowest BCUT2D eigenvalue weighted by atomic mass is 9.99. The van der Waals surface area contributed by atoms with Crippen LogP contribution in [0.25, 0.3) is 0 Å². The Kier molecular flexibility index (Phi) is 5.25. The maximum atomic E-state index is 2.67. The molecule has 1 aliphatic heterocycles. The molecule has 18 heavy (non-hydrogen) atoms. The highest BCUT2D eigenvalue weighted by Gasteiger charge is 2.12. The second-order valence-electron chi connectivity index (χ2n) is 6.01. The predicted molar refractivity (Wildman–Crippen MR) is 79.0 cm³/mol. The molecular formula is C17H27N. The van der Waals surface area contributed by atoms with Gasteiger partial charge in [-0.3, -0.25) is 0 Å². The number of hydrogen-bond acceptors (Lipinski definition) is 1. The minimum atomic E-state index is 0.769. The van der Waals surface area contributed by atoms with Gasteiger partial charge in [0.2, 0.25) is 0 Å². The van der Waals surface area contributed by atoms with Crippen molar-refractivity contribution in [1.29, 1.82) is 0 Å². The topological polar surface area (TPSA) is 3.24 Å². The molecule has 2 rings (SSSR count). The normalized spacial score (nSPS) is 19.4. The molecule has 100 valence electrons. The summed E-state index contributed by atoms with van der Waals surface area (Å²) in [5.41, 5.74) is 2.85. The molecule has 0 aliphatic carbocycles. The Balaban J connectivity index is 1.80. The van der Waals surface area contributed by atoms with E-state index in [0.29, 0.717) is 0 Å². The van der Waals surface area contributed by atoms with Crippen molar-refractivity contribution < 1.29 is 0 Å². The Labute approximate surface area is 112 Å². The van der Waals surface area contributed by atoms with Crippen LogP contribution in [0.1, 0.15) is 43.7 Å². The maximum absolute atomic E-state index is 2.67. The molecule has 0 saturated carbocycles. The van der Waals surface area contributed by atoms with Crippen molar-refractivity contribution in [3.05, 3.63) is 35.4 Å². The van der Waals surface area contributed by atoms with Gasteiger partial charge in [-0.25, -0.2) is 0 Å². The lowest BCUT2D eigenvalue weighted by Crippen LogP contribution is -2.30. The van der Waals surface area contributed by atoms with Crippen LogP contribution in [-0.2, 0) is 6.42 Å². The molecule has 1 saturated heterocycles. The average Bonchev–Trinajstić information content (AvgIpc) is 2.61. The molecule has 1 unspecified atom stereocenters. The summed E-state index contributed by atoms with van der Waals surface area (Å²) >= 11 is 0. The van der Waals surface area contributed by atoms with Crippen molar-refractivity contribution in [2.45, 2.75) is 46.0 Å². The molecule has 0 aromatic heterocycles. The van der Waals surface area contributed by atoms with Crippen molar-refractivity contribution in [3.63, 3.8) is 0 Å². The summed E-state index contributed by atoms with van der Waals surface area (Å²) in [6.45, 7) is 8.46. The fraction of sp³-hybridized carbons (Fsp3) is 0.647. The molecule has 1 heterocycles. The van der Waals surface area contributed by atoms with Crippen LogP contribution in [0, 0.1) is 12.8 Å². The number of aryl methyl sites for hydroxylation is 1. The number of hydrogen-bond donors (Lipinski definition) is 0. The molecule has 0 N–H and O–H groups in total. The van der Waals surface area contributed by atoms with Crippen molar-refractivity contribution in [2.75, 3.05) is 19.6 Å². The highest BCUT2D eigenvalue weighted by atomic mass is 15.1. The Morgan fingerprint density at radius 1 is 1.00 bits per heavy atom. The van der Waals surface area contributed by atoms with E-state index in [2.05, 4.69) is 43.0 Å². The fourth-order valence-electron chi connectivity index (χ4n) is 2.95. The molecular weight excluding hydrogens is 218 g/mol. The molecule has 1 fully saturated rings. The van der Waals surface area contributed by atoms with Gasteiger partial charge in [-0.05, 0) is 50.8 Å². The molecule has 0 amide bonds. The van der Waals surface area contributed by atoms with Crippen molar-refractivity contribution in [1.82, 2.24) is 4.90 Å². The molecule has 0 spiro atoms. The van der Waals surface area contributed by atoms with Gasteiger partial charge in [-0.2, -0.15) is 0 Å². The highest BCUT2D eigenvalue weighted by Crippen LogP contribution is 2.15. The monoisotopic (exact) mass is 245 g/mol. The molecule has 1 aromatic rings. The van der Waals surface area contributed by atoms with Gasteiger partial charge in [0.25, 0.3) is 0 Å². The van der Waals surface area contributed by atoms with Gasteiger partial charge >= 0.3 is 0 Å². The lowest BCUT2D eigenvalue weighted by Gasteiger charge is -2.24. The van der Waals surface area contributed by atoms with E-state index in [1.165, 1.54) is 62.9 Å². The van der Waals surface area contributed by atoms with Crippen molar-refractivity contribution in [3.8, 4) is 0 Å². The summed E-state index contributed by atoms with van der Waals surface area (Å²) in [4.78, 5) is 2.67. The predicted octanol–water partition coefficient (Wildman–Crippen LogP) is 4.05. The number of benzene rings is 1. The van der Waals surface area contributed by atoms with Crippen LogP contribution < -0.4 is 0 Å². The van der Waals surface area contributed by atoms with Gasteiger partial charge < -0.3 is 4.90 Å². The minimum Gasteiger partial charge on any atom is -0.303 e. The van der Waals surface area contributed by atoms with Crippen molar-refractivity contribution in [2.24, 2.45) is 5.92 Å². The van der Waals surface area contributed by atoms with E-state index < -0.39 is 0 Å². The molecule has 1 aliphatic rings. The van der Waals surface area contributed by atoms with Crippen LogP contribution in [0.15, 0.2) is 24.3 Å². The second-order valence-corrected chi connectivity index (χ2v) is 6.01. The van der Waals surface area contributed by atoms with Crippen LogP contribution in [0.5, 0.6) is 0 Å². The molecule has 0 bridgehead atoms. The van der Waals surface area contributed by atoms with Crippen LogP contribution in [0.4, 0.5) is 0 Å². The van der Waals surface area contributed by atoms with Gasteiger partial charge in [0.15, 0.2) is 0 Å². The quantitative estimate of drug-likeness (QED) is 0.773. The summed E-state index contributed by atoms with van der Waals surface area (Å²) < 4.78 is 0. The first-order valence-electron chi connectivity index (χ1n) is 7.52. The Hall–Kier alpha value is -0.820. The summed E-state index contributed by atoms with van der Waals surface area (Å²) in [6, 6.07) is 9.03. The highest BCUT2D eigenvalue weighted by molar-refractivity contribution is 5.21. The van der Waals surface area contributed by atoms with E-state index in [4.69, 9.17) is 0 Å². The zero-order valence-corrected chi connectivity index (χ0v) is 12.0. The van der Waals surface area contributed by atoms with E-state index in [1.54, 1.807) is 0 Å². The fourth-order valence-corrected chi connectivity index (χ4v) is 2.95. The average molecular weight is 245 g/mol. The minimum absolute atomic E-state index is 0.769. The summed E-state index contributed by atoms with van der Waals surface area (Å²) in [7, 11) is 0. The van der Waals surface area contributed by atoms with Crippen LogP contribution in [0.3, 0.4) is 0 Å². The molecule has 1 nitrogen and oxygen atoms in total. The lowest BCUT2D eigenvalue weighted by molar-refractivity contribution is 0.245. The zero-order chi connectivity index (χ0) is 12.8. The summed E-state index contributed by atoms with van der Waals surface area (Å²) in [5, 5.41) is 0. The third kappa shape index (κ3) is 4.45. The maximum Gasteiger partial charge on any atom is 0.00102 e. The van der Waals surface area contributed by atoms with Gasteiger partial charge in [0.1, 0.15) is 0 Å². The van der Waals surface area contributed by atoms with Crippen LogP contribution in [0.2, 0.25) is 0 Å². The van der Waals surface area contributed by atoms with Gasteiger partial charge in [-0.15, -0.1) is 0 Å². The van der Waals surface area contributed by atoms with E-state index in [-0.39, 0.29) is 0 Å². The van der Waals surface area contributed by atoms with Gasteiger partial charge in [0.05, 0.1) is 0 Å². The van der Waals surface area contributed by atoms with Gasteiger partial charge in [0, 0.05) is 6.54 Å². The number of likely N-dealkylation sites (tertiary alicyclic amines) is 1. The van der Waals surface area contributed by atoms with Gasteiger partial charge in [-0.1, -0.05) is 49.6 Å².